The summed E-state index contributed by atoms with van der Waals surface area (Å²) in [7, 11) is -9.82. The second-order valence-corrected chi connectivity index (χ2v) is 29.7. The number of phosphoric acid groups is 2. The number of carbonyl (C=O) groups is 3. The fourth-order valence-corrected chi connectivity index (χ4v) is 12.0. The van der Waals surface area contributed by atoms with E-state index in [0.717, 1.165) is 193 Å². The molecule has 0 aliphatic rings. The third-order valence-corrected chi connectivity index (χ3v) is 18.5. The van der Waals surface area contributed by atoms with Gasteiger partial charge in [0.15, 0.2) is 6.10 Å². The Morgan fingerprint density at radius 1 is 0.271 bits per heavy atom. The van der Waals surface area contributed by atoms with Crippen LogP contribution in [0.3, 0.4) is 0 Å². The zero-order chi connectivity index (χ0) is 78.0. The summed E-state index contributed by atoms with van der Waals surface area (Å²) in [6.45, 7) is 2.37. The van der Waals surface area contributed by atoms with E-state index >= 15 is 0 Å². The number of ether oxygens (including phenoxy) is 3. The first-order chi connectivity index (χ1) is 52.2. The van der Waals surface area contributed by atoms with Gasteiger partial charge in [0.05, 0.1) is 26.4 Å². The average Bonchev–Trinajstić information content (AvgIpc) is 1.16. The van der Waals surface area contributed by atoms with E-state index < -0.39 is 91.5 Å². The lowest BCUT2D eigenvalue weighted by Gasteiger charge is -2.21. The summed E-state index contributed by atoms with van der Waals surface area (Å²) >= 11 is 0. The third kappa shape index (κ3) is 81.5. The van der Waals surface area contributed by atoms with Gasteiger partial charge in [0.2, 0.25) is 0 Å². The van der Waals surface area contributed by atoms with E-state index in [1.807, 2.05) is 0 Å². The first-order valence-corrected chi connectivity index (χ1v) is 44.1. The number of hydrogen-bond donors (Lipinski definition) is 4. The molecule has 0 aliphatic heterocycles. The highest BCUT2D eigenvalue weighted by Crippen LogP contribution is 2.45. The topological polar surface area (TPSA) is 231 Å². The molecule has 5 unspecified atom stereocenters. The summed E-state index contributed by atoms with van der Waals surface area (Å²) in [5.41, 5.74) is 0. The fraction of sp³-hybridized carbons (Fsp3) is 0.629. The van der Waals surface area contributed by atoms with Crippen molar-refractivity contribution in [3.63, 3.8) is 0 Å². The lowest BCUT2D eigenvalue weighted by Crippen LogP contribution is -2.30. The van der Waals surface area contributed by atoms with Crippen molar-refractivity contribution in [2.75, 3.05) is 39.6 Å². The molecule has 5 atom stereocenters. The van der Waals surface area contributed by atoms with Crippen LogP contribution in [-0.4, -0.2) is 95.9 Å². The summed E-state index contributed by atoms with van der Waals surface area (Å²) in [6, 6.07) is 0. The van der Waals surface area contributed by atoms with E-state index in [4.69, 9.17) is 32.3 Å². The number of carbonyl (C=O) groups excluding carboxylic acids is 3. The number of allylic oxidation sites excluding steroid dienone is 30. The Bertz CT molecular complexity index is 2670. The van der Waals surface area contributed by atoms with Crippen LogP contribution in [-0.2, 0) is 55.8 Å². The van der Waals surface area contributed by atoms with Gasteiger partial charge in [-0.25, -0.2) is 9.13 Å². The average molecular weight is 1530 g/mol. The first-order valence-electron chi connectivity index (χ1n) is 41.1. The molecule has 0 bridgehead atoms. The lowest BCUT2D eigenvalue weighted by molar-refractivity contribution is -0.161. The minimum absolute atomic E-state index is 0.0788. The predicted octanol–water partition coefficient (Wildman–Crippen LogP) is 24.5. The molecule has 0 saturated heterocycles. The molecule has 0 fully saturated rings. The first kappa shape index (κ1) is 102. The minimum atomic E-state index is -4.95. The molecule has 0 amide bonds. The molecule has 0 heterocycles. The van der Waals surface area contributed by atoms with E-state index in [1.165, 1.54) is 51.4 Å². The van der Waals surface area contributed by atoms with Gasteiger partial charge in [-0.2, -0.15) is 0 Å². The standard InChI is InChI=1S/C89H146O16P2/c1-4-7-10-13-16-19-22-25-28-31-34-37-40-41-44-46-48-51-54-57-60-63-66-69-72-75-87(92)99-78-84(90)79-101-106(95,96)102-80-85(91)81-103-107(97,98)104-83-86(105-89(94)77-74-71-68-65-62-59-56-53-50-47-43-39-36-33-30-27-24-21-18-15-12-9-6-3)82-100-88(93)76-73-70-67-64-61-58-55-52-49-45-42-38-35-32-29-26-23-20-17-14-11-8-5-2/h7-8,10-11,16-21,25-30,34-39,41,44-45,47,49-50,55,58,84-86,90-91H,4-6,9,12-15,22-24,31-33,40,42-43,46,48,51-54,56-57,59-83H2,1-3H3,(H,95,96)(H,97,98)/b10-7-,11-8-,19-16-,20-17-,21-18-,28-25-,29-26-,30-27-,37-34-,38-35-,39-36-,44-41-,49-45-,50-47-,58-55-. The number of aliphatic hydroxyl groups is 2. The van der Waals surface area contributed by atoms with Gasteiger partial charge in [-0.05, 0) is 161 Å². The third-order valence-electron chi connectivity index (χ3n) is 16.6. The van der Waals surface area contributed by atoms with Crippen molar-refractivity contribution < 1.29 is 75.8 Å². The molecule has 0 aromatic rings. The summed E-state index contributed by atoms with van der Waals surface area (Å²) in [4.78, 5) is 58.8. The summed E-state index contributed by atoms with van der Waals surface area (Å²) < 4.78 is 61.3. The van der Waals surface area contributed by atoms with E-state index in [9.17, 15) is 43.5 Å². The molecule has 4 N–H and O–H groups in total. The van der Waals surface area contributed by atoms with Gasteiger partial charge in [-0.3, -0.25) is 32.5 Å². The number of esters is 3. The van der Waals surface area contributed by atoms with Crippen molar-refractivity contribution in [1.82, 2.24) is 0 Å². The summed E-state index contributed by atoms with van der Waals surface area (Å²) in [5.74, 6) is -1.63. The van der Waals surface area contributed by atoms with E-state index in [1.54, 1.807) is 0 Å². The highest BCUT2D eigenvalue weighted by atomic mass is 31.2. The maximum atomic E-state index is 13.0. The zero-order valence-corrected chi connectivity index (χ0v) is 68.3. The quantitative estimate of drug-likeness (QED) is 0.0146. The number of aliphatic hydroxyl groups excluding tert-OH is 2. The Hall–Kier alpha value is -5.35. The van der Waals surface area contributed by atoms with Gasteiger partial charge in [-0.1, -0.05) is 306 Å². The molecule has 107 heavy (non-hydrogen) atoms. The Balaban J connectivity index is 4.75. The van der Waals surface area contributed by atoms with E-state index in [-0.39, 0.29) is 19.3 Å². The second kappa shape index (κ2) is 80.2. The molecular formula is C89H146O16P2. The molecule has 16 nitrogen and oxygen atoms in total. The Labute approximate surface area is 649 Å². The van der Waals surface area contributed by atoms with Crippen LogP contribution >= 0.6 is 15.6 Å². The molecule has 0 aliphatic carbocycles. The highest BCUT2D eigenvalue weighted by Gasteiger charge is 2.29. The Morgan fingerprint density at radius 2 is 0.495 bits per heavy atom. The molecule has 0 aromatic heterocycles. The molecule has 0 spiro atoms. The van der Waals surface area contributed by atoms with Crippen LogP contribution in [0.15, 0.2) is 182 Å². The smallest absolute Gasteiger partial charge is 0.463 e. The van der Waals surface area contributed by atoms with Gasteiger partial charge >= 0.3 is 33.6 Å². The van der Waals surface area contributed by atoms with Gasteiger partial charge < -0.3 is 34.2 Å². The fourth-order valence-electron chi connectivity index (χ4n) is 10.4. The number of phosphoric ester groups is 2. The van der Waals surface area contributed by atoms with Crippen LogP contribution in [0, 0.1) is 0 Å². The largest absolute Gasteiger partial charge is 0.472 e. The van der Waals surface area contributed by atoms with Crippen LogP contribution in [0.2, 0.25) is 0 Å². The van der Waals surface area contributed by atoms with Gasteiger partial charge in [-0.15, -0.1) is 0 Å². The second-order valence-electron chi connectivity index (χ2n) is 26.8. The van der Waals surface area contributed by atoms with Crippen LogP contribution in [0.4, 0.5) is 0 Å². The number of unbranched alkanes of at least 4 members (excludes halogenated alkanes) is 23. The van der Waals surface area contributed by atoms with Crippen LogP contribution in [0.5, 0.6) is 0 Å². The van der Waals surface area contributed by atoms with Crippen molar-refractivity contribution in [1.29, 1.82) is 0 Å². The molecular weight excluding hydrogens is 1390 g/mol. The van der Waals surface area contributed by atoms with Crippen molar-refractivity contribution in [3.8, 4) is 0 Å². The molecule has 608 valence electrons. The normalized spacial score (nSPS) is 14.9. The molecule has 0 rings (SSSR count). The molecule has 0 saturated carbocycles. The maximum Gasteiger partial charge on any atom is 0.472 e. The predicted molar refractivity (Wildman–Crippen MR) is 445 cm³/mol. The summed E-state index contributed by atoms with van der Waals surface area (Å²) in [6.07, 6.45) is 103. The summed E-state index contributed by atoms with van der Waals surface area (Å²) in [5, 5.41) is 20.7. The molecule has 0 aromatic carbocycles. The highest BCUT2D eigenvalue weighted by molar-refractivity contribution is 7.47. The Morgan fingerprint density at radius 3 is 0.785 bits per heavy atom. The van der Waals surface area contributed by atoms with Crippen molar-refractivity contribution in [3.05, 3.63) is 182 Å². The van der Waals surface area contributed by atoms with Crippen molar-refractivity contribution >= 4 is 33.6 Å². The molecule has 0 radical (unpaired) electrons. The maximum absolute atomic E-state index is 13.0. The molecule has 18 heteroatoms. The Kier molecular flexibility index (Phi) is 76.2. The lowest BCUT2D eigenvalue weighted by atomic mass is 10.1. The van der Waals surface area contributed by atoms with Gasteiger partial charge in [0.25, 0.3) is 0 Å². The number of hydrogen-bond acceptors (Lipinski definition) is 14. The van der Waals surface area contributed by atoms with Crippen LogP contribution in [0.1, 0.15) is 303 Å². The SMILES string of the molecule is CC/C=C\C/C=C\C/C=C\C/C=C\C/C=C\C/C=C\CCCCCCC(=O)OCC(COP(=O)(O)OCC(O)COP(=O)(O)OCC(O)COC(=O)CCCCCCCCCCC/C=C\C/C=C\C/C=C\C/C=C\C/C=C\CC)OC(=O)CCCCCCCCC/C=C\C/C=C\C/C=C\C/C=C\CCCCC. The van der Waals surface area contributed by atoms with Crippen LogP contribution in [0.25, 0.3) is 0 Å². The van der Waals surface area contributed by atoms with Gasteiger partial charge in [0.1, 0.15) is 25.4 Å². The van der Waals surface area contributed by atoms with E-state index in [0.29, 0.717) is 19.3 Å². The zero-order valence-electron chi connectivity index (χ0n) is 66.5. The number of rotatable bonds is 76. The van der Waals surface area contributed by atoms with Crippen molar-refractivity contribution in [2.45, 2.75) is 322 Å². The minimum Gasteiger partial charge on any atom is -0.463 e. The van der Waals surface area contributed by atoms with Gasteiger partial charge in [0, 0.05) is 19.3 Å². The van der Waals surface area contributed by atoms with Crippen molar-refractivity contribution in [2.24, 2.45) is 0 Å². The van der Waals surface area contributed by atoms with Crippen LogP contribution < -0.4 is 0 Å². The monoisotopic (exact) mass is 1530 g/mol. The van der Waals surface area contributed by atoms with E-state index in [2.05, 4.69) is 203 Å².